The Morgan fingerprint density at radius 3 is 2.56 bits per heavy atom. The van der Waals surface area contributed by atoms with E-state index in [0.717, 1.165) is 35.7 Å². The van der Waals surface area contributed by atoms with Gasteiger partial charge >= 0.3 is 0 Å². The van der Waals surface area contributed by atoms with Gasteiger partial charge in [-0.2, -0.15) is 11.3 Å². The number of nitrogens with two attached hydrogens (primary N) is 1. The van der Waals surface area contributed by atoms with Gasteiger partial charge in [-0.05, 0) is 28.8 Å². The predicted octanol–water partition coefficient (Wildman–Crippen LogP) is 3.60. The molecule has 0 amide bonds. The minimum absolute atomic E-state index is 0.239. The minimum Gasteiger partial charge on any atom is -0.329 e. The second-order valence-electron chi connectivity index (χ2n) is 4.51. The molecule has 16 heavy (non-hydrogen) atoms. The monoisotopic (exact) mass is 301 g/mol. The van der Waals surface area contributed by atoms with Gasteiger partial charge in [-0.15, -0.1) is 0 Å². The molecule has 0 aromatic carbocycles. The standard InChI is InChI=1S/C12H16BrNOS/c13-10-7-16-6-9(10)11(15)12(8-14)4-2-1-3-5-12/h6-7H,1-5,8,14H2. The summed E-state index contributed by atoms with van der Waals surface area (Å²) in [6.45, 7) is 0.480. The number of carbonyl (C=O) groups is 1. The molecule has 1 aliphatic carbocycles. The first-order chi connectivity index (χ1) is 7.69. The molecule has 0 unspecified atom stereocenters. The second kappa shape index (κ2) is 4.98. The van der Waals surface area contributed by atoms with Crippen molar-refractivity contribution in [2.24, 2.45) is 11.1 Å². The lowest BCUT2D eigenvalue weighted by Gasteiger charge is -2.34. The maximum atomic E-state index is 12.5. The molecule has 1 aliphatic rings. The Balaban J connectivity index is 2.28. The van der Waals surface area contributed by atoms with Gasteiger partial charge < -0.3 is 5.73 Å². The summed E-state index contributed by atoms with van der Waals surface area (Å²) in [4.78, 5) is 12.5. The van der Waals surface area contributed by atoms with Crippen LogP contribution < -0.4 is 5.73 Å². The Kier molecular flexibility index (Phi) is 3.82. The second-order valence-corrected chi connectivity index (χ2v) is 6.11. The van der Waals surface area contributed by atoms with Crippen molar-refractivity contribution >= 4 is 33.0 Å². The zero-order valence-electron chi connectivity index (χ0n) is 9.17. The molecule has 0 spiro atoms. The Morgan fingerprint density at radius 2 is 2.06 bits per heavy atom. The normalized spacial score (nSPS) is 19.6. The summed E-state index contributed by atoms with van der Waals surface area (Å²) in [7, 11) is 0. The van der Waals surface area contributed by atoms with Gasteiger partial charge in [-0.3, -0.25) is 4.79 Å². The Morgan fingerprint density at radius 1 is 1.38 bits per heavy atom. The van der Waals surface area contributed by atoms with Crippen LogP contribution in [0.1, 0.15) is 42.5 Å². The van der Waals surface area contributed by atoms with Crippen LogP contribution in [0.25, 0.3) is 0 Å². The van der Waals surface area contributed by atoms with Crippen LogP contribution in [0, 0.1) is 5.41 Å². The third-order valence-electron chi connectivity index (χ3n) is 3.54. The van der Waals surface area contributed by atoms with Gasteiger partial charge in [0.25, 0.3) is 0 Å². The Bertz CT molecular complexity index is 382. The van der Waals surface area contributed by atoms with Crippen LogP contribution in [0.3, 0.4) is 0 Å². The fourth-order valence-corrected chi connectivity index (χ4v) is 3.94. The fourth-order valence-electron chi connectivity index (χ4n) is 2.48. The van der Waals surface area contributed by atoms with Crippen LogP contribution in [-0.4, -0.2) is 12.3 Å². The SMILES string of the molecule is NCC1(C(=O)c2cscc2Br)CCCCC1. The number of rotatable bonds is 3. The Labute approximate surface area is 108 Å². The summed E-state index contributed by atoms with van der Waals surface area (Å²) < 4.78 is 0.917. The molecule has 4 heteroatoms. The molecule has 2 rings (SSSR count). The summed E-state index contributed by atoms with van der Waals surface area (Å²) in [6, 6.07) is 0. The van der Waals surface area contributed by atoms with Gasteiger partial charge in [0.1, 0.15) is 0 Å². The molecule has 0 aliphatic heterocycles. The molecule has 0 radical (unpaired) electrons. The predicted molar refractivity (Wildman–Crippen MR) is 70.9 cm³/mol. The molecule has 0 atom stereocenters. The summed E-state index contributed by atoms with van der Waals surface area (Å²) in [5, 5.41) is 3.89. The first-order valence-electron chi connectivity index (χ1n) is 5.66. The van der Waals surface area contributed by atoms with Crippen molar-refractivity contribution in [3.8, 4) is 0 Å². The van der Waals surface area contributed by atoms with Crippen LogP contribution in [0.2, 0.25) is 0 Å². The third kappa shape index (κ3) is 2.11. The van der Waals surface area contributed by atoms with Crippen molar-refractivity contribution < 1.29 is 4.79 Å². The number of hydrogen-bond acceptors (Lipinski definition) is 3. The molecular weight excluding hydrogens is 286 g/mol. The Hall–Kier alpha value is -0.190. The lowest BCUT2D eigenvalue weighted by atomic mass is 9.70. The molecular formula is C12H16BrNOS. The third-order valence-corrected chi connectivity index (χ3v) is 5.25. The van der Waals surface area contributed by atoms with Crippen molar-refractivity contribution in [3.63, 3.8) is 0 Å². The lowest BCUT2D eigenvalue weighted by molar-refractivity contribution is 0.0729. The number of Topliss-reactive ketones (excluding diaryl/α,β-unsaturated/α-hetero) is 1. The zero-order chi connectivity index (χ0) is 11.6. The van der Waals surface area contributed by atoms with Crippen molar-refractivity contribution in [2.75, 3.05) is 6.54 Å². The highest BCUT2D eigenvalue weighted by Gasteiger charge is 2.39. The number of halogens is 1. The van der Waals surface area contributed by atoms with Gasteiger partial charge in [0, 0.05) is 32.8 Å². The van der Waals surface area contributed by atoms with Gasteiger partial charge in [-0.1, -0.05) is 19.3 Å². The molecule has 88 valence electrons. The molecule has 1 heterocycles. The first-order valence-corrected chi connectivity index (χ1v) is 7.40. The van der Waals surface area contributed by atoms with Crippen LogP contribution >= 0.6 is 27.3 Å². The van der Waals surface area contributed by atoms with Crippen LogP contribution in [-0.2, 0) is 0 Å². The average molecular weight is 302 g/mol. The van der Waals surface area contributed by atoms with Crippen LogP contribution in [0.5, 0.6) is 0 Å². The molecule has 2 N–H and O–H groups in total. The van der Waals surface area contributed by atoms with Crippen molar-refractivity contribution in [3.05, 3.63) is 20.8 Å². The summed E-state index contributed by atoms with van der Waals surface area (Å²) in [5.41, 5.74) is 6.39. The van der Waals surface area contributed by atoms with E-state index in [1.165, 1.54) is 6.42 Å². The van der Waals surface area contributed by atoms with Gasteiger partial charge in [0.2, 0.25) is 0 Å². The van der Waals surface area contributed by atoms with Gasteiger partial charge in [-0.25, -0.2) is 0 Å². The largest absolute Gasteiger partial charge is 0.329 e. The number of ketones is 1. The number of carbonyl (C=O) groups excluding carboxylic acids is 1. The van der Waals surface area contributed by atoms with Crippen molar-refractivity contribution in [1.82, 2.24) is 0 Å². The minimum atomic E-state index is -0.290. The fraction of sp³-hybridized carbons (Fsp3) is 0.583. The molecule has 0 bridgehead atoms. The number of thiophene rings is 1. The van der Waals surface area contributed by atoms with Crippen LogP contribution in [0.15, 0.2) is 15.2 Å². The maximum absolute atomic E-state index is 12.5. The topological polar surface area (TPSA) is 43.1 Å². The number of hydrogen-bond donors (Lipinski definition) is 1. The molecule has 1 aromatic rings. The van der Waals surface area contributed by atoms with E-state index in [9.17, 15) is 4.79 Å². The first kappa shape index (κ1) is 12.3. The highest BCUT2D eigenvalue weighted by molar-refractivity contribution is 9.10. The van der Waals surface area contributed by atoms with E-state index in [4.69, 9.17) is 5.73 Å². The van der Waals surface area contributed by atoms with Gasteiger partial charge in [0.05, 0.1) is 0 Å². The highest BCUT2D eigenvalue weighted by atomic mass is 79.9. The average Bonchev–Trinajstić information content (AvgIpc) is 2.75. The van der Waals surface area contributed by atoms with E-state index in [2.05, 4.69) is 15.9 Å². The molecule has 1 fully saturated rings. The summed E-state index contributed by atoms with van der Waals surface area (Å²) in [5.74, 6) is 0.239. The molecule has 0 saturated heterocycles. The maximum Gasteiger partial charge on any atom is 0.172 e. The quantitative estimate of drug-likeness (QED) is 0.867. The zero-order valence-corrected chi connectivity index (χ0v) is 11.6. The van der Waals surface area contributed by atoms with Gasteiger partial charge in [0.15, 0.2) is 5.78 Å². The van der Waals surface area contributed by atoms with E-state index in [1.54, 1.807) is 11.3 Å². The molecule has 2 nitrogen and oxygen atoms in total. The highest BCUT2D eigenvalue weighted by Crippen LogP contribution is 2.40. The molecule has 1 saturated carbocycles. The summed E-state index contributed by atoms with van der Waals surface area (Å²) in [6.07, 6.45) is 5.39. The van der Waals surface area contributed by atoms with E-state index in [-0.39, 0.29) is 11.2 Å². The van der Waals surface area contributed by atoms with Crippen molar-refractivity contribution in [2.45, 2.75) is 32.1 Å². The molecule has 1 aromatic heterocycles. The van der Waals surface area contributed by atoms with Crippen LogP contribution in [0.4, 0.5) is 0 Å². The lowest BCUT2D eigenvalue weighted by Crippen LogP contribution is -2.40. The van der Waals surface area contributed by atoms with E-state index in [0.29, 0.717) is 6.54 Å². The summed E-state index contributed by atoms with van der Waals surface area (Å²) >= 11 is 4.99. The smallest absolute Gasteiger partial charge is 0.172 e. The van der Waals surface area contributed by atoms with E-state index in [1.807, 2.05) is 10.8 Å². The van der Waals surface area contributed by atoms with Crippen molar-refractivity contribution in [1.29, 1.82) is 0 Å². The van der Waals surface area contributed by atoms with E-state index >= 15 is 0 Å². The van der Waals surface area contributed by atoms with E-state index < -0.39 is 0 Å².